The number of nitrogens with zero attached hydrogens (tertiary/aromatic N) is 1. The van der Waals surface area contributed by atoms with Gasteiger partial charge in [-0.05, 0) is 28.8 Å². The average Bonchev–Trinajstić information content (AvgIpc) is 2.71. The Morgan fingerprint density at radius 2 is 2.22 bits per heavy atom. The lowest BCUT2D eigenvalue weighted by Crippen LogP contribution is -2.14. The van der Waals surface area contributed by atoms with Crippen LogP contribution in [-0.2, 0) is 6.54 Å². The number of anilines is 1. The summed E-state index contributed by atoms with van der Waals surface area (Å²) < 4.78 is 0. The summed E-state index contributed by atoms with van der Waals surface area (Å²) in [4.78, 5) is 18.7. The van der Waals surface area contributed by atoms with E-state index in [1.165, 1.54) is 17.2 Å². The molecule has 0 unspecified atom stereocenters. The summed E-state index contributed by atoms with van der Waals surface area (Å²) in [7, 11) is 0. The number of rotatable bonds is 4. The van der Waals surface area contributed by atoms with Gasteiger partial charge in [0, 0.05) is 18.5 Å². The maximum atomic E-state index is 11.5. The minimum atomic E-state index is -0.113. The molecule has 0 aromatic carbocycles. The number of aryl methyl sites for hydroxylation is 1. The van der Waals surface area contributed by atoms with Gasteiger partial charge in [0.2, 0.25) is 0 Å². The molecule has 2 aromatic heterocycles. The first-order valence-electron chi connectivity index (χ1n) is 5.93. The van der Waals surface area contributed by atoms with Crippen molar-refractivity contribution in [2.24, 2.45) is 0 Å². The molecule has 0 radical (unpaired) electrons. The first-order valence-corrected chi connectivity index (χ1v) is 6.87. The molecule has 2 heterocycles. The maximum Gasteiger partial charge on any atom is 0.252 e. The lowest BCUT2D eigenvalue weighted by atomic mass is 10.2. The van der Waals surface area contributed by atoms with Crippen molar-refractivity contribution in [3.05, 3.63) is 44.1 Å². The van der Waals surface area contributed by atoms with Crippen LogP contribution < -0.4 is 10.9 Å². The van der Waals surface area contributed by atoms with E-state index in [9.17, 15) is 4.79 Å². The highest BCUT2D eigenvalue weighted by Crippen LogP contribution is 2.15. The second-order valence-electron chi connectivity index (χ2n) is 4.60. The van der Waals surface area contributed by atoms with Crippen molar-refractivity contribution in [1.82, 2.24) is 9.97 Å². The molecule has 0 fully saturated rings. The molecule has 96 valence electrons. The van der Waals surface area contributed by atoms with Crippen molar-refractivity contribution < 1.29 is 0 Å². The van der Waals surface area contributed by atoms with Crippen LogP contribution in [0.2, 0.25) is 0 Å². The standard InChI is InChI=1S/C13H17N3OS/c1-8(2)13-15-11(4-12(17)16-13)14-5-10-7-18-6-9(10)3/h4,6-8H,5H2,1-3H3,(H2,14,15,16,17). The average molecular weight is 263 g/mol. The van der Waals surface area contributed by atoms with E-state index in [0.717, 1.165) is 0 Å². The Hall–Kier alpha value is -1.62. The Kier molecular flexibility index (Phi) is 3.81. The highest BCUT2D eigenvalue weighted by Gasteiger charge is 2.05. The normalized spacial score (nSPS) is 10.9. The molecule has 4 nitrogen and oxygen atoms in total. The third-order valence-corrected chi connectivity index (χ3v) is 3.64. The topological polar surface area (TPSA) is 57.8 Å². The molecule has 2 rings (SSSR count). The van der Waals surface area contributed by atoms with E-state index in [4.69, 9.17) is 0 Å². The van der Waals surface area contributed by atoms with Crippen LogP contribution in [0.5, 0.6) is 0 Å². The SMILES string of the molecule is Cc1cscc1CNc1cc(=O)[nH]c(C(C)C)n1. The summed E-state index contributed by atoms with van der Waals surface area (Å²) in [6.07, 6.45) is 0. The van der Waals surface area contributed by atoms with Crippen molar-refractivity contribution in [3.63, 3.8) is 0 Å². The monoisotopic (exact) mass is 263 g/mol. The number of hydrogen-bond donors (Lipinski definition) is 2. The van der Waals surface area contributed by atoms with Gasteiger partial charge in [0.1, 0.15) is 11.6 Å². The molecule has 0 saturated heterocycles. The zero-order valence-electron chi connectivity index (χ0n) is 10.8. The molecule has 0 bridgehead atoms. The van der Waals surface area contributed by atoms with Crippen LogP contribution in [-0.4, -0.2) is 9.97 Å². The summed E-state index contributed by atoms with van der Waals surface area (Å²) in [5, 5.41) is 7.42. The zero-order valence-corrected chi connectivity index (χ0v) is 11.6. The summed E-state index contributed by atoms with van der Waals surface area (Å²) in [6, 6.07) is 1.49. The van der Waals surface area contributed by atoms with Gasteiger partial charge in [0.15, 0.2) is 0 Å². The molecule has 2 aromatic rings. The molecule has 18 heavy (non-hydrogen) atoms. The molecule has 0 spiro atoms. The maximum absolute atomic E-state index is 11.5. The first kappa shape index (κ1) is 12.8. The van der Waals surface area contributed by atoms with E-state index in [0.29, 0.717) is 18.2 Å². The number of H-pyrrole nitrogens is 1. The van der Waals surface area contributed by atoms with Crippen LogP contribution in [0.3, 0.4) is 0 Å². The summed E-state index contributed by atoms with van der Waals surface area (Å²) in [5.74, 6) is 1.56. The fraction of sp³-hybridized carbons (Fsp3) is 0.385. The van der Waals surface area contributed by atoms with E-state index < -0.39 is 0 Å². The third kappa shape index (κ3) is 2.98. The third-order valence-electron chi connectivity index (χ3n) is 2.73. The predicted octanol–water partition coefficient (Wildman–Crippen LogP) is 2.88. The molecule has 0 aliphatic rings. The fourth-order valence-corrected chi connectivity index (χ4v) is 2.45. The predicted molar refractivity (Wildman–Crippen MR) is 75.3 cm³/mol. The largest absolute Gasteiger partial charge is 0.366 e. The van der Waals surface area contributed by atoms with Crippen LogP contribution >= 0.6 is 11.3 Å². The van der Waals surface area contributed by atoms with Crippen LogP contribution in [0, 0.1) is 6.92 Å². The van der Waals surface area contributed by atoms with Crippen molar-refractivity contribution in [1.29, 1.82) is 0 Å². The molecular weight excluding hydrogens is 246 g/mol. The Bertz CT molecular complexity index is 586. The summed E-state index contributed by atoms with van der Waals surface area (Å²) in [5.41, 5.74) is 2.40. The molecular formula is C13H17N3OS. The first-order chi connectivity index (χ1) is 8.56. The van der Waals surface area contributed by atoms with Crippen LogP contribution in [0.1, 0.15) is 36.7 Å². The number of aromatic nitrogens is 2. The molecule has 0 saturated carbocycles. The lowest BCUT2D eigenvalue weighted by Gasteiger charge is -2.08. The van der Waals surface area contributed by atoms with Crippen molar-refractivity contribution >= 4 is 17.2 Å². The van der Waals surface area contributed by atoms with Gasteiger partial charge in [0.25, 0.3) is 5.56 Å². The second kappa shape index (κ2) is 5.35. The van der Waals surface area contributed by atoms with Gasteiger partial charge in [-0.3, -0.25) is 4.79 Å². The van der Waals surface area contributed by atoms with E-state index in [1.54, 1.807) is 11.3 Å². The Morgan fingerprint density at radius 1 is 1.44 bits per heavy atom. The Balaban J connectivity index is 2.14. The zero-order chi connectivity index (χ0) is 13.1. The summed E-state index contributed by atoms with van der Waals surface area (Å²) >= 11 is 1.68. The minimum Gasteiger partial charge on any atom is -0.366 e. The Morgan fingerprint density at radius 3 is 2.83 bits per heavy atom. The second-order valence-corrected chi connectivity index (χ2v) is 5.35. The van der Waals surface area contributed by atoms with Gasteiger partial charge >= 0.3 is 0 Å². The van der Waals surface area contributed by atoms with E-state index in [1.807, 2.05) is 13.8 Å². The van der Waals surface area contributed by atoms with Gasteiger partial charge in [-0.2, -0.15) is 11.3 Å². The number of aromatic amines is 1. The number of thiophene rings is 1. The molecule has 2 N–H and O–H groups in total. The fourth-order valence-electron chi connectivity index (χ4n) is 1.59. The van der Waals surface area contributed by atoms with Crippen molar-refractivity contribution in [2.75, 3.05) is 5.32 Å². The van der Waals surface area contributed by atoms with E-state index in [-0.39, 0.29) is 11.5 Å². The smallest absolute Gasteiger partial charge is 0.252 e. The van der Waals surface area contributed by atoms with Crippen LogP contribution in [0.25, 0.3) is 0 Å². The molecule has 0 aliphatic carbocycles. The molecule has 0 aliphatic heterocycles. The quantitative estimate of drug-likeness (QED) is 0.891. The molecule has 0 amide bonds. The molecule has 5 heteroatoms. The van der Waals surface area contributed by atoms with Crippen molar-refractivity contribution in [3.8, 4) is 0 Å². The van der Waals surface area contributed by atoms with Gasteiger partial charge < -0.3 is 10.3 Å². The number of nitrogens with one attached hydrogen (secondary N) is 2. The number of hydrogen-bond acceptors (Lipinski definition) is 4. The van der Waals surface area contributed by atoms with Gasteiger partial charge in [-0.15, -0.1) is 0 Å². The van der Waals surface area contributed by atoms with Gasteiger partial charge in [0.05, 0.1) is 0 Å². The highest BCUT2D eigenvalue weighted by molar-refractivity contribution is 7.08. The van der Waals surface area contributed by atoms with Crippen LogP contribution in [0.4, 0.5) is 5.82 Å². The van der Waals surface area contributed by atoms with Gasteiger partial charge in [-0.1, -0.05) is 13.8 Å². The van der Waals surface area contributed by atoms with E-state index in [2.05, 4.69) is 33.0 Å². The van der Waals surface area contributed by atoms with Gasteiger partial charge in [-0.25, -0.2) is 4.98 Å². The summed E-state index contributed by atoms with van der Waals surface area (Å²) in [6.45, 7) is 6.79. The highest BCUT2D eigenvalue weighted by atomic mass is 32.1. The molecule has 0 atom stereocenters. The lowest BCUT2D eigenvalue weighted by molar-refractivity contribution is 0.766. The van der Waals surface area contributed by atoms with Crippen molar-refractivity contribution in [2.45, 2.75) is 33.2 Å². The van der Waals surface area contributed by atoms with E-state index >= 15 is 0 Å². The minimum absolute atomic E-state index is 0.113. The van der Waals surface area contributed by atoms with Crippen LogP contribution in [0.15, 0.2) is 21.6 Å². The Labute approximate surface area is 110 Å².